The number of carbonyl (C=O) groups excluding carboxylic acids is 2. The van der Waals surface area contributed by atoms with Gasteiger partial charge in [0, 0.05) is 19.5 Å². The zero-order valence-electron chi connectivity index (χ0n) is 16.0. The van der Waals surface area contributed by atoms with Gasteiger partial charge in [-0.05, 0) is 38.6 Å². The van der Waals surface area contributed by atoms with Gasteiger partial charge in [-0.1, -0.05) is 45.4 Å². The molecule has 1 saturated heterocycles. The summed E-state index contributed by atoms with van der Waals surface area (Å²) in [7, 11) is 0. The van der Waals surface area contributed by atoms with Crippen molar-refractivity contribution in [3.05, 3.63) is 0 Å². The van der Waals surface area contributed by atoms with E-state index in [9.17, 15) is 9.59 Å². The van der Waals surface area contributed by atoms with Gasteiger partial charge in [0.15, 0.2) is 0 Å². The summed E-state index contributed by atoms with van der Waals surface area (Å²) in [5, 5.41) is 2.99. The zero-order chi connectivity index (χ0) is 17.6. The third-order valence-corrected chi connectivity index (χ3v) is 4.80. The molecule has 6 heteroatoms. The van der Waals surface area contributed by atoms with Crippen molar-refractivity contribution in [1.82, 2.24) is 10.2 Å². The molecule has 0 aromatic rings. The van der Waals surface area contributed by atoms with Gasteiger partial charge in [-0.2, -0.15) is 13.5 Å². The molecule has 0 radical (unpaired) electrons. The molecule has 1 heterocycles. The van der Waals surface area contributed by atoms with Crippen LogP contribution in [0.3, 0.4) is 0 Å². The Morgan fingerprint density at radius 1 is 1.04 bits per heavy atom. The Kier molecular flexibility index (Phi) is 15.0. The molecule has 1 aliphatic rings. The smallest absolute Gasteiger partial charge is 0.242 e. The number of unbranched alkanes of at least 4 members (excludes halogenated alkanes) is 7. The summed E-state index contributed by atoms with van der Waals surface area (Å²) in [6.07, 6.45) is 12.4. The Morgan fingerprint density at radius 3 is 2.44 bits per heavy atom. The number of nitrogens with two attached hydrogens (primary N) is 1. The molecular formula is C19H39N3O2S. The fraction of sp³-hybridized carbons (Fsp3) is 0.895. The fourth-order valence-electron chi connectivity index (χ4n) is 3.31. The van der Waals surface area contributed by atoms with Crippen molar-refractivity contribution in [2.24, 2.45) is 5.73 Å². The van der Waals surface area contributed by atoms with Crippen LogP contribution in [0.1, 0.15) is 84.0 Å². The van der Waals surface area contributed by atoms with Crippen molar-refractivity contribution < 1.29 is 9.59 Å². The lowest BCUT2D eigenvalue weighted by molar-refractivity contribution is -0.138. The lowest BCUT2D eigenvalue weighted by Crippen LogP contribution is -2.46. The van der Waals surface area contributed by atoms with Crippen LogP contribution >= 0.6 is 13.5 Å². The van der Waals surface area contributed by atoms with Gasteiger partial charge >= 0.3 is 0 Å². The third kappa shape index (κ3) is 10.1. The standard InChI is InChI=1S/C19H37N3O2.H2S/c1-2-3-4-5-6-8-13-18(23)22-16-11-12-17(22)19(24)21-15-10-7-9-14-20;/h17H,2-16,20H2,1H3,(H,21,24);1H2. The second-order valence-corrected chi connectivity index (χ2v) is 6.90. The molecule has 0 aromatic heterocycles. The van der Waals surface area contributed by atoms with Crippen molar-refractivity contribution in [3.8, 4) is 0 Å². The molecule has 0 spiro atoms. The zero-order valence-corrected chi connectivity index (χ0v) is 17.0. The van der Waals surface area contributed by atoms with E-state index in [1.807, 2.05) is 0 Å². The number of likely N-dealkylation sites (tertiary alicyclic amines) is 1. The van der Waals surface area contributed by atoms with Crippen LogP contribution in [0.5, 0.6) is 0 Å². The SMILES string of the molecule is CCCCCCCCC(=O)N1CCCC1C(=O)NCCCCCN.S. The van der Waals surface area contributed by atoms with Crippen LogP contribution in [-0.2, 0) is 9.59 Å². The van der Waals surface area contributed by atoms with Crippen LogP contribution in [0.2, 0.25) is 0 Å². The maximum atomic E-state index is 12.4. The highest BCUT2D eigenvalue weighted by atomic mass is 32.1. The summed E-state index contributed by atoms with van der Waals surface area (Å²) < 4.78 is 0. The molecule has 1 unspecified atom stereocenters. The van der Waals surface area contributed by atoms with Gasteiger partial charge in [-0.25, -0.2) is 0 Å². The van der Waals surface area contributed by atoms with Crippen molar-refractivity contribution in [2.45, 2.75) is 90.0 Å². The van der Waals surface area contributed by atoms with Crippen LogP contribution in [0, 0.1) is 0 Å². The van der Waals surface area contributed by atoms with Gasteiger partial charge < -0.3 is 16.0 Å². The van der Waals surface area contributed by atoms with E-state index in [1.54, 1.807) is 4.90 Å². The van der Waals surface area contributed by atoms with E-state index in [0.717, 1.165) is 51.5 Å². The third-order valence-electron chi connectivity index (χ3n) is 4.80. The minimum atomic E-state index is -0.243. The summed E-state index contributed by atoms with van der Waals surface area (Å²) in [5.41, 5.74) is 5.46. The Bertz CT molecular complexity index is 367. The van der Waals surface area contributed by atoms with Gasteiger partial charge in [0.2, 0.25) is 11.8 Å². The van der Waals surface area contributed by atoms with E-state index >= 15 is 0 Å². The molecule has 1 aliphatic heterocycles. The van der Waals surface area contributed by atoms with Crippen LogP contribution < -0.4 is 11.1 Å². The average molecular weight is 374 g/mol. The lowest BCUT2D eigenvalue weighted by atomic mass is 10.1. The molecular weight excluding hydrogens is 334 g/mol. The summed E-state index contributed by atoms with van der Waals surface area (Å²) in [6, 6.07) is -0.243. The van der Waals surface area contributed by atoms with Gasteiger partial charge in [-0.15, -0.1) is 0 Å². The molecule has 2 amide bonds. The van der Waals surface area contributed by atoms with Crippen LogP contribution in [0.15, 0.2) is 0 Å². The highest BCUT2D eigenvalue weighted by Gasteiger charge is 2.33. The molecule has 0 saturated carbocycles. The average Bonchev–Trinajstić information content (AvgIpc) is 3.07. The van der Waals surface area contributed by atoms with Gasteiger partial charge in [0.05, 0.1) is 0 Å². The van der Waals surface area contributed by atoms with Gasteiger partial charge in [0.25, 0.3) is 0 Å². The second-order valence-electron chi connectivity index (χ2n) is 6.90. The number of nitrogens with zero attached hydrogens (tertiary/aromatic N) is 1. The quantitative estimate of drug-likeness (QED) is 0.487. The van der Waals surface area contributed by atoms with Crippen molar-refractivity contribution >= 4 is 25.3 Å². The number of rotatable bonds is 13. The first-order valence-corrected chi connectivity index (χ1v) is 9.98. The highest BCUT2D eigenvalue weighted by Crippen LogP contribution is 2.19. The van der Waals surface area contributed by atoms with Crippen LogP contribution in [0.25, 0.3) is 0 Å². The van der Waals surface area contributed by atoms with E-state index in [2.05, 4.69) is 12.2 Å². The predicted molar refractivity (Wildman–Crippen MR) is 109 cm³/mol. The number of carbonyl (C=O) groups is 2. The highest BCUT2D eigenvalue weighted by molar-refractivity contribution is 7.59. The summed E-state index contributed by atoms with van der Waals surface area (Å²) in [4.78, 5) is 26.5. The van der Waals surface area contributed by atoms with Crippen molar-refractivity contribution in [2.75, 3.05) is 19.6 Å². The molecule has 1 atom stereocenters. The molecule has 5 nitrogen and oxygen atoms in total. The maximum absolute atomic E-state index is 12.4. The van der Waals surface area contributed by atoms with Crippen LogP contribution in [-0.4, -0.2) is 42.4 Å². The first-order chi connectivity index (χ1) is 11.7. The van der Waals surface area contributed by atoms with E-state index in [4.69, 9.17) is 5.73 Å². The summed E-state index contributed by atoms with van der Waals surface area (Å²) in [5.74, 6) is 0.183. The molecule has 148 valence electrons. The molecule has 1 rings (SSSR count). The number of hydrogen-bond donors (Lipinski definition) is 2. The molecule has 0 aromatic carbocycles. The first kappa shape index (κ1) is 24.2. The van der Waals surface area contributed by atoms with Gasteiger partial charge in [0.1, 0.15) is 6.04 Å². The van der Waals surface area contributed by atoms with E-state index in [1.165, 1.54) is 25.7 Å². The topological polar surface area (TPSA) is 75.4 Å². The van der Waals surface area contributed by atoms with Gasteiger partial charge in [-0.3, -0.25) is 9.59 Å². The Labute approximate surface area is 160 Å². The van der Waals surface area contributed by atoms with E-state index in [-0.39, 0.29) is 31.4 Å². The minimum Gasteiger partial charge on any atom is -0.354 e. The molecule has 0 bridgehead atoms. The maximum Gasteiger partial charge on any atom is 0.242 e. The van der Waals surface area contributed by atoms with E-state index in [0.29, 0.717) is 19.5 Å². The second kappa shape index (κ2) is 15.5. The van der Waals surface area contributed by atoms with Crippen molar-refractivity contribution in [1.29, 1.82) is 0 Å². The van der Waals surface area contributed by atoms with E-state index < -0.39 is 0 Å². The summed E-state index contributed by atoms with van der Waals surface area (Å²) >= 11 is 0. The Balaban J connectivity index is 0.00000576. The fourth-order valence-corrected chi connectivity index (χ4v) is 3.31. The summed E-state index contributed by atoms with van der Waals surface area (Å²) in [6.45, 7) is 4.34. The molecule has 0 aliphatic carbocycles. The van der Waals surface area contributed by atoms with Crippen molar-refractivity contribution in [3.63, 3.8) is 0 Å². The lowest BCUT2D eigenvalue weighted by Gasteiger charge is -2.24. The number of hydrogen-bond acceptors (Lipinski definition) is 3. The molecule has 1 fully saturated rings. The number of nitrogens with one attached hydrogen (secondary N) is 1. The Hall–Kier alpha value is -0.750. The monoisotopic (exact) mass is 373 g/mol. The predicted octanol–water partition coefficient (Wildman–Crippen LogP) is 3.09. The first-order valence-electron chi connectivity index (χ1n) is 9.98. The van der Waals surface area contributed by atoms with Crippen LogP contribution in [0.4, 0.5) is 0 Å². The Morgan fingerprint density at radius 2 is 1.72 bits per heavy atom. The minimum absolute atomic E-state index is 0. The molecule has 25 heavy (non-hydrogen) atoms. The normalized spacial score (nSPS) is 16.6. The molecule has 3 N–H and O–H groups in total. The largest absolute Gasteiger partial charge is 0.354 e. The number of amides is 2.